The van der Waals surface area contributed by atoms with Crippen molar-refractivity contribution in [3.05, 3.63) is 49.6 Å². The lowest BCUT2D eigenvalue weighted by molar-refractivity contribution is 0.813. The van der Waals surface area contributed by atoms with Crippen LogP contribution in [0.25, 0.3) is 0 Å². The molecule has 0 atom stereocenters. The fourth-order valence-corrected chi connectivity index (χ4v) is 1.82. The van der Waals surface area contributed by atoms with Crippen LogP contribution in [0.2, 0.25) is 5.02 Å². The van der Waals surface area contributed by atoms with Gasteiger partial charge in [-0.15, -0.1) is 5.10 Å². The third-order valence-corrected chi connectivity index (χ3v) is 2.90. The average molecular weight is 282 g/mol. The van der Waals surface area contributed by atoms with E-state index in [-0.39, 0.29) is 5.82 Å². The van der Waals surface area contributed by atoms with Crippen LogP contribution in [-0.4, -0.2) is 22.2 Å². The summed E-state index contributed by atoms with van der Waals surface area (Å²) in [6.07, 6.45) is 0. The van der Waals surface area contributed by atoms with Crippen LogP contribution in [0.5, 0.6) is 0 Å². The quantitative estimate of drug-likeness (QED) is 0.703. The van der Waals surface area contributed by atoms with Crippen molar-refractivity contribution < 1.29 is 0 Å². The van der Waals surface area contributed by atoms with Gasteiger partial charge < -0.3 is 10.6 Å². The summed E-state index contributed by atoms with van der Waals surface area (Å²) in [5.74, 6) is 0.0955. The summed E-state index contributed by atoms with van der Waals surface area (Å²) in [4.78, 5) is 26.1. The SMILES string of the molecule is CN(Cc1cc(N)ccc1Cl)c1n[nH]c(=O)[nH]c1=O. The van der Waals surface area contributed by atoms with E-state index in [9.17, 15) is 9.59 Å². The van der Waals surface area contributed by atoms with Crippen molar-refractivity contribution in [2.45, 2.75) is 6.54 Å². The second-order valence-electron chi connectivity index (χ2n) is 4.04. The Morgan fingerprint density at radius 3 is 2.84 bits per heavy atom. The zero-order chi connectivity index (χ0) is 14.0. The molecule has 0 fully saturated rings. The molecule has 0 bridgehead atoms. The van der Waals surface area contributed by atoms with Gasteiger partial charge in [0, 0.05) is 24.3 Å². The number of halogens is 1. The zero-order valence-electron chi connectivity index (χ0n) is 10.1. The number of H-pyrrole nitrogens is 2. The monoisotopic (exact) mass is 281 g/mol. The van der Waals surface area contributed by atoms with Crippen LogP contribution in [0.4, 0.5) is 11.5 Å². The second kappa shape index (κ2) is 5.15. The Labute approximate surface area is 113 Å². The van der Waals surface area contributed by atoms with Crippen LogP contribution in [-0.2, 0) is 6.54 Å². The van der Waals surface area contributed by atoms with Gasteiger partial charge in [-0.1, -0.05) is 11.6 Å². The number of nitrogens with zero attached hydrogens (tertiary/aromatic N) is 2. The van der Waals surface area contributed by atoms with E-state index in [0.29, 0.717) is 17.3 Å². The number of benzene rings is 1. The van der Waals surface area contributed by atoms with E-state index in [0.717, 1.165) is 5.56 Å². The molecular weight excluding hydrogens is 270 g/mol. The Morgan fingerprint density at radius 1 is 1.42 bits per heavy atom. The van der Waals surface area contributed by atoms with Gasteiger partial charge in [-0.3, -0.25) is 9.78 Å². The minimum Gasteiger partial charge on any atom is -0.399 e. The van der Waals surface area contributed by atoms with Gasteiger partial charge in [0.05, 0.1) is 0 Å². The maximum absolute atomic E-state index is 11.6. The first-order valence-electron chi connectivity index (χ1n) is 5.41. The van der Waals surface area contributed by atoms with E-state index < -0.39 is 11.2 Å². The smallest absolute Gasteiger partial charge is 0.342 e. The predicted molar refractivity (Wildman–Crippen MR) is 73.4 cm³/mol. The van der Waals surface area contributed by atoms with Gasteiger partial charge in [-0.05, 0) is 23.8 Å². The van der Waals surface area contributed by atoms with E-state index >= 15 is 0 Å². The summed E-state index contributed by atoms with van der Waals surface area (Å²) in [6.45, 7) is 0.339. The molecule has 100 valence electrons. The van der Waals surface area contributed by atoms with Gasteiger partial charge in [-0.2, -0.15) is 0 Å². The molecule has 0 spiro atoms. The number of aromatic nitrogens is 3. The number of nitrogens with two attached hydrogens (primary N) is 1. The number of nitrogen functional groups attached to an aromatic ring is 1. The fraction of sp³-hybridized carbons (Fsp3) is 0.182. The number of hydrogen-bond acceptors (Lipinski definition) is 5. The van der Waals surface area contributed by atoms with Crippen molar-refractivity contribution in [2.24, 2.45) is 0 Å². The first-order valence-corrected chi connectivity index (χ1v) is 5.79. The van der Waals surface area contributed by atoms with Crippen molar-refractivity contribution in [3.8, 4) is 0 Å². The molecular formula is C11H12ClN5O2. The van der Waals surface area contributed by atoms with Crippen LogP contribution in [0, 0.1) is 0 Å². The van der Waals surface area contributed by atoms with Crippen LogP contribution in [0.1, 0.15) is 5.56 Å². The maximum atomic E-state index is 11.6. The molecule has 2 aromatic rings. The number of aromatic amines is 2. The Hall–Kier alpha value is -2.28. The normalized spacial score (nSPS) is 10.4. The first-order chi connectivity index (χ1) is 8.97. The van der Waals surface area contributed by atoms with Gasteiger partial charge in [0.15, 0.2) is 0 Å². The van der Waals surface area contributed by atoms with E-state index in [1.807, 2.05) is 0 Å². The topological polar surface area (TPSA) is 108 Å². The third-order valence-electron chi connectivity index (χ3n) is 2.53. The molecule has 0 saturated carbocycles. The molecule has 0 radical (unpaired) electrons. The molecule has 8 heteroatoms. The molecule has 4 N–H and O–H groups in total. The molecule has 0 aliphatic carbocycles. The molecule has 1 aromatic heterocycles. The summed E-state index contributed by atoms with van der Waals surface area (Å²) in [7, 11) is 1.66. The van der Waals surface area contributed by atoms with E-state index in [1.165, 1.54) is 0 Å². The summed E-state index contributed by atoms with van der Waals surface area (Å²) in [5.41, 5.74) is 5.81. The van der Waals surface area contributed by atoms with Crippen LogP contribution in [0.3, 0.4) is 0 Å². The molecule has 0 aliphatic heterocycles. The van der Waals surface area contributed by atoms with E-state index in [1.54, 1.807) is 30.1 Å². The highest BCUT2D eigenvalue weighted by Gasteiger charge is 2.11. The van der Waals surface area contributed by atoms with Crippen molar-refractivity contribution in [1.29, 1.82) is 0 Å². The summed E-state index contributed by atoms with van der Waals surface area (Å²) >= 11 is 6.05. The molecule has 0 amide bonds. The third kappa shape index (κ3) is 2.94. The molecule has 7 nitrogen and oxygen atoms in total. The molecule has 2 rings (SSSR count). The standard InChI is InChI=1S/C11H12ClN5O2/c1-17(9-10(18)14-11(19)16-15-9)5-6-4-7(13)2-3-8(6)12/h2-4H,5,13H2,1H3,(H2,14,16,18,19). The molecule has 1 heterocycles. The molecule has 19 heavy (non-hydrogen) atoms. The fourth-order valence-electron chi connectivity index (χ4n) is 1.65. The molecule has 0 saturated heterocycles. The Morgan fingerprint density at radius 2 is 2.16 bits per heavy atom. The van der Waals surface area contributed by atoms with Gasteiger partial charge in [-0.25, -0.2) is 9.89 Å². The Balaban J connectivity index is 2.30. The lowest BCUT2D eigenvalue weighted by Crippen LogP contribution is -2.32. The van der Waals surface area contributed by atoms with E-state index in [2.05, 4.69) is 15.2 Å². The van der Waals surface area contributed by atoms with Crippen LogP contribution < -0.4 is 21.9 Å². The van der Waals surface area contributed by atoms with Crippen LogP contribution >= 0.6 is 11.6 Å². The highest BCUT2D eigenvalue weighted by Crippen LogP contribution is 2.20. The lowest BCUT2D eigenvalue weighted by atomic mass is 10.2. The van der Waals surface area contributed by atoms with Gasteiger partial charge in [0.2, 0.25) is 5.82 Å². The summed E-state index contributed by atoms with van der Waals surface area (Å²) in [5, 5.41) is 6.41. The molecule has 0 aliphatic rings. The zero-order valence-corrected chi connectivity index (χ0v) is 10.9. The number of rotatable bonds is 3. The maximum Gasteiger partial charge on any atom is 0.342 e. The highest BCUT2D eigenvalue weighted by atomic mass is 35.5. The van der Waals surface area contributed by atoms with Crippen molar-refractivity contribution >= 4 is 23.1 Å². The minimum atomic E-state index is -0.649. The van der Waals surface area contributed by atoms with Gasteiger partial charge in [0.1, 0.15) is 0 Å². The van der Waals surface area contributed by atoms with Crippen LogP contribution in [0.15, 0.2) is 27.8 Å². The van der Waals surface area contributed by atoms with Crippen molar-refractivity contribution in [3.63, 3.8) is 0 Å². The summed E-state index contributed by atoms with van der Waals surface area (Å²) < 4.78 is 0. The van der Waals surface area contributed by atoms with Gasteiger partial charge in [0.25, 0.3) is 5.56 Å². The van der Waals surface area contributed by atoms with Gasteiger partial charge >= 0.3 is 5.69 Å². The number of nitrogens with one attached hydrogen (secondary N) is 2. The van der Waals surface area contributed by atoms with E-state index in [4.69, 9.17) is 17.3 Å². The summed E-state index contributed by atoms with van der Waals surface area (Å²) in [6, 6.07) is 5.10. The molecule has 0 unspecified atom stereocenters. The lowest BCUT2D eigenvalue weighted by Gasteiger charge is -2.17. The first kappa shape index (κ1) is 13.2. The van der Waals surface area contributed by atoms with Crippen molar-refractivity contribution in [1.82, 2.24) is 15.2 Å². The minimum absolute atomic E-state index is 0.0955. The Kier molecular flexibility index (Phi) is 3.57. The number of anilines is 2. The molecule has 1 aromatic carbocycles. The number of hydrogen-bond donors (Lipinski definition) is 3. The van der Waals surface area contributed by atoms with Crippen molar-refractivity contribution in [2.75, 3.05) is 17.7 Å². The Bertz CT molecular complexity index is 709. The highest BCUT2D eigenvalue weighted by molar-refractivity contribution is 6.31. The largest absolute Gasteiger partial charge is 0.399 e. The average Bonchev–Trinajstić information content (AvgIpc) is 2.33. The second-order valence-corrected chi connectivity index (χ2v) is 4.44. The predicted octanol–water partition coefficient (Wildman–Crippen LogP) is 0.330.